The van der Waals surface area contributed by atoms with Gasteiger partial charge < -0.3 is 4.74 Å². The first-order valence-electron chi connectivity index (χ1n) is 5.64. The lowest BCUT2D eigenvalue weighted by molar-refractivity contribution is 0.398. The van der Waals surface area contributed by atoms with Crippen LogP contribution in [0.25, 0.3) is 0 Å². The van der Waals surface area contributed by atoms with Crippen molar-refractivity contribution in [3.8, 4) is 5.75 Å². The number of halogens is 1. The first-order valence-corrected chi connectivity index (χ1v) is 7.53. The van der Waals surface area contributed by atoms with Crippen molar-refractivity contribution in [1.29, 1.82) is 0 Å². The topological polar surface area (TPSA) is 81.4 Å². The van der Waals surface area contributed by atoms with Crippen molar-refractivity contribution in [3.63, 3.8) is 0 Å². The number of benzene rings is 1. The van der Waals surface area contributed by atoms with Gasteiger partial charge in [0.1, 0.15) is 11.6 Å². The minimum absolute atomic E-state index is 0.179. The Balaban J connectivity index is 3.33. The third-order valence-electron chi connectivity index (χ3n) is 3.34. The van der Waals surface area contributed by atoms with E-state index in [1.54, 1.807) is 6.07 Å². The maximum absolute atomic E-state index is 14.0. The van der Waals surface area contributed by atoms with Crippen molar-refractivity contribution in [3.05, 3.63) is 29.6 Å². The van der Waals surface area contributed by atoms with Crippen LogP contribution in [0.15, 0.2) is 18.2 Å². The molecule has 0 aliphatic heterocycles. The fourth-order valence-electron chi connectivity index (χ4n) is 1.75. The Morgan fingerprint density at radius 3 is 2.37 bits per heavy atom. The van der Waals surface area contributed by atoms with Gasteiger partial charge in [-0.15, -0.1) is 0 Å². The molecule has 0 aromatic heterocycles. The minimum Gasteiger partial charge on any atom is -0.497 e. The molecule has 0 amide bonds. The Morgan fingerprint density at radius 1 is 1.42 bits per heavy atom. The van der Waals surface area contributed by atoms with Gasteiger partial charge in [-0.3, -0.25) is 11.3 Å². The fourth-order valence-corrected chi connectivity index (χ4v) is 2.37. The lowest BCUT2D eigenvalue weighted by Crippen LogP contribution is -2.47. The normalized spacial score (nSPS) is 14.2. The van der Waals surface area contributed by atoms with Gasteiger partial charge in [0.15, 0.2) is 9.84 Å². The molecule has 0 spiro atoms. The van der Waals surface area contributed by atoms with Crippen molar-refractivity contribution >= 4 is 9.84 Å². The van der Waals surface area contributed by atoms with E-state index in [9.17, 15) is 12.8 Å². The zero-order valence-electron chi connectivity index (χ0n) is 11.4. The van der Waals surface area contributed by atoms with Gasteiger partial charge in [-0.05, 0) is 19.9 Å². The summed E-state index contributed by atoms with van der Waals surface area (Å²) in [5.74, 6) is 5.20. The molecule has 3 N–H and O–H groups in total. The molecule has 0 fully saturated rings. The molecule has 108 valence electrons. The number of ether oxygens (including phenoxy) is 1. The molecule has 0 bridgehead atoms. The van der Waals surface area contributed by atoms with Crippen LogP contribution in [0.5, 0.6) is 5.75 Å². The van der Waals surface area contributed by atoms with Gasteiger partial charge in [0.25, 0.3) is 0 Å². The fraction of sp³-hybridized carbons (Fsp3) is 0.500. The van der Waals surface area contributed by atoms with E-state index in [4.69, 9.17) is 10.6 Å². The molecule has 1 unspecified atom stereocenters. The number of nitrogens with two attached hydrogens (primary N) is 1. The molecule has 0 radical (unpaired) electrons. The molecule has 7 heteroatoms. The average molecular weight is 290 g/mol. The number of nitrogens with one attached hydrogen (secondary N) is 1. The second-order valence-corrected chi connectivity index (χ2v) is 7.46. The standard InChI is InChI=1S/C12H19FN2O3S/c1-12(2,19(4,16)17)11(15-14)9-6-5-8(18-3)7-10(9)13/h5-7,11,15H,14H2,1-4H3. The maximum Gasteiger partial charge on any atom is 0.154 e. The van der Waals surface area contributed by atoms with Crippen molar-refractivity contribution in [2.75, 3.05) is 13.4 Å². The summed E-state index contributed by atoms with van der Waals surface area (Å²) in [6.07, 6.45) is 1.10. The summed E-state index contributed by atoms with van der Waals surface area (Å²) in [5.41, 5.74) is 2.56. The Labute approximate surface area is 112 Å². The molecular formula is C12H19FN2O3S. The molecule has 1 aromatic rings. The molecule has 0 saturated carbocycles. The first-order chi connectivity index (χ1) is 8.65. The molecule has 0 heterocycles. The van der Waals surface area contributed by atoms with Crippen LogP contribution in [-0.2, 0) is 9.84 Å². The van der Waals surface area contributed by atoms with Crippen LogP contribution >= 0.6 is 0 Å². The second kappa shape index (κ2) is 5.44. The average Bonchev–Trinajstić information content (AvgIpc) is 2.30. The van der Waals surface area contributed by atoms with Gasteiger partial charge in [-0.2, -0.15) is 0 Å². The number of rotatable bonds is 5. The molecular weight excluding hydrogens is 271 g/mol. The van der Waals surface area contributed by atoms with Gasteiger partial charge in [-0.1, -0.05) is 6.07 Å². The van der Waals surface area contributed by atoms with Crippen LogP contribution in [0.3, 0.4) is 0 Å². The van der Waals surface area contributed by atoms with E-state index in [1.165, 1.54) is 33.1 Å². The molecule has 5 nitrogen and oxygen atoms in total. The third-order valence-corrected chi connectivity index (χ3v) is 5.48. The smallest absolute Gasteiger partial charge is 0.154 e. The van der Waals surface area contributed by atoms with Crippen molar-refractivity contribution in [2.24, 2.45) is 5.84 Å². The van der Waals surface area contributed by atoms with Crippen molar-refractivity contribution in [2.45, 2.75) is 24.6 Å². The zero-order chi connectivity index (χ0) is 14.8. The Morgan fingerprint density at radius 2 is 2.00 bits per heavy atom. The van der Waals surface area contributed by atoms with Crippen molar-refractivity contribution < 1.29 is 17.5 Å². The lowest BCUT2D eigenvalue weighted by atomic mass is 9.95. The van der Waals surface area contributed by atoms with E-state index in [-0.39, 0.29) is 5.56 Å². The Bertz CT molecular complexity index is 558. The SMILES string of the molecule is COc1ccc(C(NN)C(C)(C)S(C)(=O)=O)c(F)c1. The van der Waals surface area contributed by atoms with Crippen LogP contribution in [0.4, 0.5) is 4.39 Å². The first kappa shape index (κ1) is 15.9. The highest BCUT2D eigenvalue weighted by atomic mass is 32.2. The predicted molar refractivity (Wildman–Crippen MR) is 71.9 cm³/mol. The van der Waals surface area contributed by atoms with Gasteiger partial charge in [0.05, 0.1) is 17.9 Å². The molecule has 1 aromatic carbocycles. The molecule has 1 atom stereocenters. The van der Waals surface area contributed by atoms with Crippen LogP contribution in [0, 0.1) is 5.82 Å². The zero-order valence-corrected chi connectivity index (χ0v) is 12.2. The van der Waals surface area contributed by atoms with Gasteiger partial charge in [0, 0.05) is 17.9 Å². The summed E-state index contributed by atoms with van der Waals surface area (Å²) in [6, 6.07) is 3.35. The molecule has 1 rings (SSSR count). The Kier molecular flexibility index (Phi) is 4.54. The molecule has 19 heavy (non-hydrogen) atoms. The van der Waals surface area contributed by atoms with E-state index in [1.807, 2.05) is 0 Å². The summed E-state index contributed by atoms with van der Waals surface area (Å²) >= 11 is 0. The summed E-state index contributed by atoms with van der Waals surface area (Å²) in [5, 5.41) is 0. The van der Waals surface area contributed by atoms with E-state index in [0.717, 1.165) is 6.26 Å². The minimum atomic E-state index is -3.43. The van der Waals surface area contributed by atoms with Crippen LogP contribution in [0.2, 0.25) is 0 Å². The van der Waals surface area contributed by atoms with E-state index < -0.39 is 26.4 Å². The quantitative estimate of drug-likeness (QED) is 0.628. The van der Waals surface area contributed by atoms with Gasteiger partial charge >= 0.3 is 0 Å². The molecule has 0 aliphatic carbocycles. The largest absolute Gasteiger partial charge is 0.497 e. The highest BCUT2D eigenvalue weighted by molar-refractivity contribution is 7.92. The number of sulfone groups is 1. The predicted octanol–water partition coefficient (Wildman–Crippen LogP) is 1.16. The van der Waals surface area contributed by atoms with Crippen LogP contribution < -0.4 is 16.0 Å². The molecule has 0 aliphatic rings. The summed E-state index contributed by atoms with van der Waals surface area (Å²) < 4.78 is 41.3. The van der Waals surface area contributed by atoms with E-state index in [0.29, 0.717) is 5.75 Å². The van der Waals surface area contributed by atoms with Crippen LogP contribution in [-0.4, -0.2) is 26.5 Å². The number of hydrogen-bond acceptors (Lipinski definition) is 5. The Hall–Kier alpha value is -1.18. The number of hydrazine groups is 1. The highest BCUT2D eigenvalue weighted by Crippen LogP contribution is 2.33. The monoisotopic (exact) mass is 290 g/mol. The maximum atomic E-state index is 14.0. The highest BCUT2D eigenvalue weighted by Gasteiger charge is 2.40. The van der Waals surface area contributed by atoms with E-state index in [2.05, 4.69) is 5.43 Å². The van der Waals surface area contributed by atoms with Crippen molar-refractivity contribution in [1.82, 2.24) is 5.43 Å². The second-order valence-electron chi connectivity index (χ2n) is 4.86. The van der Waals surface area contributed by atoms with Gasteiger partial charge in [0.2, 0.25) is 0 Å². The van der Waals surface area contributed by atoms with Gasteiger partial charge in [-0.25, -0.2) is 12.8 Å². The summed E-state index contributed by atoms with van der Waals surface area (Å²) in [4.78, 5) is 0. The molecule has 0 saturated heterocycles. The summed E-state index contributed by atoms with van der Waals surface area (Å²) in [7, 11) is -2.01. The third kappa shape index (κ3) is 3.05. The van der Waals surface area contributed by atoms with E-state index >= 15 is 0 Å². The summed E-state index contributed by atoms with van der Waals surface area (Å²) in [6.45, 7) is 2.99. The van der Waals surface area contributed by atoms with Crippen LogP contribution in [0.1, 0.15) is 25.5 Å². The lowest BCUT2D eigenvalue weighted by Gasteiger charge is -2.32. The number of methoxy groups -OCH3 is 1. The number of hydrogen-bond donors (Lipinski definition) is 2.